The largest absolute Gasteiger partial charge is 0.486 e. The number of rotatable bonds is 4. The number of carbonyl (C=O) groups is 1. The highest BCUT2D eigenvalue weighted by Gasteiger charge is 2.28. The number of nitrogens with zero attached hydrogens (tertiary/aromatic N) is 1. The van der Waals surface area contributed by atoms with E-state index >= 15 is 0 Å². The summed E-state index contributed by atoms with van der Waals surface area (Å²) in [4.78, 5) is 16.0. The second kappa shape index (κ2) is 5.07. The minimum Gasteiger partial charge on any atom is -0.486 e. The zero-order valence-corrected chi connectivity index (χ0v) is 11.8. The average molecular weight is 264 g/mol. The molecule has 1 fully saturated rings. The molecule has 1 aliphatic rings. The van der Waals surface area contributed by atoms with Gasteiger partial charge in [-0.2, -0.15) is 0 Å². The molecule has 5 heteroatoms. The molecule has 1 aromatic rings. The summed E-state index contributed by atoms with van der Waals surface area (Å²) in [5.41, 5.74) is -0.163. The number of nitrogens with one attached hydrogen (secondary N) is 1. The number of ether oxygens (including phenoxy) is 2. The van der Waals surface area contributed by atoms with Crippen molar-refractivity contribution in [2.75, 3.05) is 7.05 Å². The Kier molecular flexibility index (Phi) is 3.64. The van der Waals surface area contributed by atoms with Crippen LogP contribution in [0.4, 0.5) is 0 Å². The van der Waals surface area contributed by atoms with Gasteiger partial charge in [0.05, 0.1) is 6.10 Å². The third-order valence-electron chi connectivity index (χ3n) is 2.54. The predicted molar refractivity (Wildman–Crippen MR) is 71.7 cm³/mol. The molecule has 19 heavy (non-hydrogen) atoms. The Hall–Kier alpha value is -1.78. The summed E-state index contributed by atoms with van der Waals surface area (Å²) in [6.07, 6.45) is 3.90. The molecule has 0 saturated heterocycles. The van der Waals surface area contributed by atoms with Gasteiger partial charge in [0.25, 0.3) is 5.91 Å². The van der Waals surface area contributed by atoms with Crippen LogP contribution in [0.2, 0.25) is 0 Å². The van der Waals surface area contributed by atoms with E-state index in [0.29, 0.717) is 11.5 Å². The van der Waals surface area contributed by atoms with Gasteiger partial charge in [-0.1, -0.05) is 0 Å². The molecule has 1 saturated carbocycles. The minimum atomic E-state index is -0.423. The van der Waals surface area contributed by atoms with Gasteiger partial charge in [0.15, 0.2) is 17.2 Å². The van der Waals surface area contributed by atoms with Crippen LogP contribution in [0.1, 0.15) is 44.1 Å². The molecule has 1 aliphatic carbocycles. The molecule has 1 N–H and O–H groups in total. The summed E-state index contributed by atoms with van der Waals surface area (Å²) >= 11 is 0. The van der Waals surface area contributed by atoms with E-state index in [9.17, 15) is 4.79 Å². The first kappa shape index (κ1) is 13.6. The predicted octanol–water partition coefficient (Wildman–Crippen LogP) is 2.16. The van der Waals surface area contributed by atoms with Gasteiger partial charge in [-0.3, -0.25) is 4.79 Å². The molecular weight excluding hydrogens is 244 g/mol. The maximum absolute atomic E-state index is 11.9. The minimum absolute atomic E-state index is 0.238. The molecule has 0 radical (unpaired) electrons. The molecule has 104 valence electrons. The molecule has 0 atom stereocenters. The lowest BCUT2D eigenvalue weighted by atomic mass is 10.2. The first-order valence-electron chi connectivity index (χ1n) is 6.47. The first-order chi connectivity index (χ1) is 8.90. The number of carbonyl (C=O) groups excluding carboxylic acids is 1. The van der Waals surface area contributed by atoms with Crippen molar-refractivity contribution in [3.05, 3.63) is 18.0 Å². The molecule has 0 aliphatic heterocycles. The normalized spacial score (nSPS) is 14.9. The number of aromatic nitrogens is 1. The summed E-state index contributed by atoms with van der Waals surface area (Å²) in [6.45, 7) is 5.78. The van der Waals surface area contributed by atoms with Gasteiger partial charge >= 0.3 is 0 Å². The maximum atomic E-state index is 11.9. The van der Waals surface area contributed by atoms with Crippen LogP contribution in [0.3, 0.4) is 0 Å². The van der Waals surface area contributed by atoms with Crippen LogP contribution in [0.15, 0.2) is 12.3 Å². The van der Waals surface area contributed by atoms with Crippen molar-refractivity contribution in [2.24, 2.45) is 0 Å². The van der Waals surface area contributed by atoms with Crippen LogP contribution in [-0.2, 0) is 0 Å². The number of hydrogen-bond acceptors (Lipinski definition) is 4. The van der Waals surface area contributed by atoms with E-state index in [0.717, 1.165) is 12.8 Å². The maximum Gasteiger partial charge on any atom is 0.273 e. The van der Waals surface area contributed by atoms with Gasteiger partial charge in [0, 0.05) is 19.3 Å². The van der Waals surface area contributed by atoms with Crippen molar-refractivity contribution in [1.82, 2.24) is 10.3 Å². The number of hydrogen-bond donors (Lipinski definition) is 1. The topological polar surface area (TPSA) is 60.5 Å². The molecule has 1 heterocycles. The van der Waals surface area contributed by atoms with Crippen LogP contribution in [0.25, 0.3) is 0 Å². The van der Waals surface area contributed by atoms with Gasteiger partial charge in [-0.25, -0.2) is 4.98 Å². The zero-order valence-electron chi connectivity index (χ0n) is 11.8. The second-order valence-corrected chi connectivity index (χ2v) is 5.60. The van der Waals surface area contributed by atoms with Crippen LogP contribution >= 0.6 is 0 Å². The quantitative estimate of drug-likeness (QED) is 0.905. The Labute approximate surface area is 113 Å². The Morgan fingerprint density at radius 3 is 2.63 bits per heavy atom. The smallest absolute Gasteiger partial charge is 0.273 e. The molecule has 0 aromatic carbocycles. The van der Waals surface area contributed by atoms with E-state index in [1.54, 1.807) is 19.3 Å². The summed E-state index contributed by atoms with van der Waals surface area (Å²) in [6, 6.07) is 1.74. The van der Waals surface area contributed by atoms with Gasteiger partial charge in [-0.05, 0) is 33.6 Å². The molecule has 1 amide bonds. The van der Waals surface area contributed by atoms with Crippen molar-refractivity contribution >= 4 is 5.91 Å². The fraction of sp³-hybridized carbons (Fsp3) is 0.571. The van der Waals surface area contributed by atoms with Crippen molar-refractivity contribution in [2.45, 2.75) is 45.3 Å². The Morgan fingerprint density at radius 1 is 1.42 bits per heavy atom. The van der Waals surface area contributed by atoms with Crippen molar-refractivity contribution in [3.8, 4) is 11.5 Å². The molecule has 2 rings (SSSR count). The highest BCUT2D eigenvalue weighted by molar-refractivity contribution is 5.95. The standard InChI is InChI=1S/C14H20N2O3/c1-14(2,3)19-12-10(18-9-5-6-9)7-8-16-11(12)13(17)15-4/h7-9H,5-6H2,1-4H3,(H,15,17). The molecule has 5 nitrogen and oxygen atoms in total. The zero-order chi connectivity index (χ0) is 14.0. The molecule has 0 bridgehead atoms. The van der Waals surface area contributed by atoms with E-state index in [-0.39, 0.29) is 17.7 Å². The van der Waals surface area contributed by atoms with Crippen LogP contribution in [0.5, 0.6) is 11.5 Å². The molecule has 1 aromatic heterocycles. The van der Waals surface area contributed by atoms with Crippen LogP contribution in [-0.4, -0.2) is 29.6 Å². The van der Waals surface area contributed by atoms with E-state index in [1.165, 1.54) is 0 Å². The average Bonchev–Trinajstić information content (AvgIpc) is 3.12. The molecule has 0 unspecified atom stereocenters. The second-order valence-electron chi connectivity index (χ2n) is 5.60. The molecule has 0 spiro atoms. The van der Waals surface area contributed by atoms with Gasteiger partial charge < -0.3 is 14.8 Å². The van der Waals surface area contributed by atoms with Crippen molar-refractivity contribution < 1.29 is 14.3 Å². The van der Waals surface area contributed by atoms with E-state index in [2.05, 4.69) is 10.3 Å². The first-order valence-corrected chi connectivity index (χ1v) is 6.47. The van der Waals surface area contributed by atoms with Gasteiger partial charge in [0.1, 0.15) is 5.60 Å². The molecular formula is C14H20N2O3. The van der Waals surface area contributed by atoms with E-state index in [4.69, 9.17) is 9.47 Å². The third kappa shape index (κ3) is 3.59. The SMILES string of the molecule is CNC(=O)c1nccc(OC2CC2)c1OC(C)(C)C. The number of amides is 1. The van der Waals surface area contributed by atoms with Crippen LogP contribution in [0, 0.1) is 0 Å². The van der Waals surface area contributed by atoms with Gasteiger partial charge in [0.2, 0.25) is 0 Å². The lowest BCUT2D eigenvalue weighted by Crippen LogP contribution is -2.27. The van der Waals surface area contributed by atoms with Crippen molar-refractivity contribution in [3.63, 3.8) is 0 Å². The van der Waals surface area contributed by atoms with E-state index in [1.807, 2.05) is 20.8 Å². The fourth-order valence-electron chi connectivity index (χ4n) is 1.57. The number of pyridine rings is 1. The van der Waals surface area contributed by atoms with Crippen molar-refractivity contribution in [1.29, 1.82) is 0 Å². The Bertz CT molecular complexity index is 476. The Morgan fingerprint density at radius 2 is 2.11 bits per heavy atom. The highest BCUT2D eigenvalue weighted by atomic mass is 16.5. The lowest BCUT2D eigenvalue weighted by molar-refractivity contribution is 0.0926. The van der Waals surface area contributed by atoms with Gasteiger partial charge in [-0.15, -0.1) is 0 Å². The lowest BCUT2D eigenvalue weighted by Gasteiger charge is -2.24. The fourth-order valence-corrected chi connectivity index (χ4v) is 1.57. The highest BCUT2D eigenvalue weighted by Crippen LogP contribution is 2.36. The van der Waals surface area contributed by atoms with E-state index < -0.39 is 5.60 Å². The summed E-state index contributed by atoms with van der Waals surface area (Å²) in [7, 11) is 1.57. The Balaban J connectivity index is 2.38. The summed E-state index contributed by atoms with van der Waals surface area (Å²) < 4.78 is 11.7. The van der Waals surface area contributed by atoms with Crippen LogP contribution < -0.4 is 14.8 Å². The summed E-state index contributed by atoms with van der Waals surface area (Å²) in [5.74, 6) is 0.729. The summed E-state index contributed by atoms with van der Waals surface area (Å²) in [5, 5.41) is 2.57. The third-order valence-corrected chi connectivity index (χ3v) is 2.54. The monoisotopic (exact) mass is 264 g/mol.